The van der Waals surface area contributed by atoms with Crippen molar-refractivity contribution >= 4 is 34.1 Å². The molecule has 2 aromatic rings. The third kappa shape index (κ3) is 2.10. The maximum Gasteiger partial charge on any atom is 0.224 e. The molecule has 2 rings (SSSR count). The van der Waals surface area contributed by atoms with Crippen LogP contribution in [0.15, 0.2) is 22.7 Å². The minimum absolute atomic E-state index is 0.0707. The summed E-state index contributed by atoms with van der Waals surface area (Å²) in [6, 6.07) is 4.62. The summed E-state index contributed by atoms with van der Waals surface area (Å²) < 4.78 is 14.3. The second-order valence-electron chi connectivity index (χ2n) is 2.96. The van der Waals surface area contributed by atoms with Crippen LogP contribution in [0.25, 0.3) is 11.4 Å². The van der Waals surface area contributed by atoms with E-state index in [-0.39, 0.29) is 22.1 Å². The van der Waals surface area contributed by atoms with Crippen molar-refractivity contribution in [2.45, 2.75) is 0 Å². The minimum atomic E-state index is -0.418. The molecule has 4 nitrogen and oxygen atoms in total. The summed E-state index contributed by atoms with van der Waals surface area (Å²) in [6.45, 7) is 0. The number of benzene rings is 1. The van der Waals surface area contributed by atoms with Crippen LogP contribution in [0.3, 0.4) is 0 Å². The zero-order valence-electron chi connectivity index (χ0n) is 7.87. The van der Waals surface area contributed by atoms with Crippen LogP contribution in [0.5, 0.6) is 0 Å². The van der Waals surface area contributed by atoms with Crippen LogP contribution in [-0.2, 0) is 0 Å². The number of aromatic amines is 1. The molecule has 0 spiro atoms. The smallest absolute Gasteiger partial charge is 0.224 e. The van der Waals surface area contributed by atoms with Crippen LogP contribution in [0.2, 0.25) is 0 Å². The maximum absolute atomic E-state index is 13.6. The van der Waals surface area contributed by atoms with Crippen molar-refractivity contribution in [1.82, 2.24) is 15.0 Å². The van der Waals surface area contributed by atoms with Crippen LogP contribution in [0.4, 0.5) is 10.3 Å². The number of halogens is 2. The molecule has 0 atom stereocenters. The molecule has 0 bridgehead atoms. The standard InChI is InChI=1S/C9H6BrFN4S/c10-4-2-1-3-5(11)6(4)7-13-8(12)15-9(16)14-7/h1-3H,(H3,12,13,14,15,16). The van der Waals surface area contributed by atoms with Crippen molar-refractivity contribution in [2.75, 3.05) is 5.73 Å². The number of hydrogen-bond donors (Lipinski definition) is 2. The average Bonchev–Trinajstić information content (AvgIpc) is 2.15. The molecule has 0 radical (unpaired) electrons. The maximum atomic E-state index is 13.6. The summed E-state index contributed by atoms with van der Waals surface area (Å²) in [7, 11) is 0. The summed E-state index contributed by atoms with van der Waals surface area (Å²) in [5.74, 6) is -0.0641. The first-order valence-corrected chi connectivity index (χ1v) is 5.46. The van der Waals surface area contributed by atoms with Gasteiger partial charge in [-0.15, -0.1) is 0 Å². The van der Waals surface area contributed by atoms with E-state index in [1.165, 1.54) is 6.07 Å². The monoisotopic (exact) mass is 300 g/mol. The normalized spacial score (nSPS) is 10.4. The molecular formula is C9H6BrFN4S. The van der Waals surface area contributed by atoms with E-state index >= 15 is 0 Å². The van der Waals surface area contributed by atoms with E-state index in [0.717, 1.165) is 0 Å². The lowest BCUT2D eigenvalue weighted by Crippen LogP contribution is -2.01. The minimum Gasteiger partial charge on any atom is -0.369 e. The lowest BCUT2D eigenvalue weighted by atomic mass is 10.2. The fourth-order valence-electron chi connectivity index (χ4n) is 1.24. The van der Waals surface area contributed by atoms with Gasteiger partial charge >= 0.3 is 0 Å². The number of nitrogens with one attached hydrogen (secondary N) is 1. The fourth-order valence-corrected chi connectivity index (χ4v) is 1.96. The Balaban J connectivity index is 2.72. The number of aromatic nitrogens is 3. The molecule has 0 aliphatic carbocycles. The van der Waals surface area contributed by atoms with Gasteiger partial charge in [-0.2, -0.15) is 4.98 Å². The van der Waals surface area contributed by atoms with Gasteiger partial charge in [-0.25, -0.2) is 9.37 Å². The number of nitrogens with two attached hydrogens (primary N) is 1. The molecule has 1 aromatic heterocycles. The lowest BCUT2D eigenvalue weighted by Gasteiger charge is -2.05. The predicted octanol–water partition coefficient (Wildman–Crippen LogP) is 2.68. The Kier molecular flexibility index (Phi) is 2.97. The topological polar surface area (TPSA) is 67.6 Å². The van der Waals surface area contributed by atoms with E-state index in [0.29, 0.717) is 4.47 Å². The third-order valence-electron chi connectivity index (χ3n) is 1.87. The van der Waals surface area contributed by atoms with Gasteiger partial charge in [-0.1, -0.05) is 6.07 Å². The highest BCUT2D eigenvalue weighted by Gasteiger charge is 2.11. The van der Waals surface area contributed by atoms with E-state index in [1.807, 2.05) is 0 Å². The van der Waals surface area contributed by atoms with E-state index in [1.54, 1.807) is 12.1 Å². The number of hydrogen-bond acceptors (Lipinski definition) is 4. The van der Waals surface area contributed by atoms with Gasteiger partial charge in [-0.3, -0.25) is 0 Å². The Morgan fingerprint density at radius 3 is 2.75 bits per heavy atom. The first kappa shape index (κ1) is 11.2. The molecule has 0 amide bonds. The molecule has 0 saturated heterocycles. The SMILES string of the molecule is Nc1nc(=S)nc(-c2c(F)cccc2Br)[nH]1. The summed E-state index contributed by atoms with van der Waals surface area (Å²) in [5, 5.41) is 0. The molecular weight excluding hydrogens is 295 g/mol. The summed E-state index contributed by atoms with van der Waals surface area (Å²) >= 11 is 8.05. The Morgan fingerprint density at radius 1 is 1.38 bits per heavy atom. The number of anilines is 1. The zero-order valence-corrected chi connectivity index (χ0v) is 10.3. The van der Waals surface area contributed by atoms with Crippen molar-refractivity contribution < 1.29 is 4.39 Å². The molecule has 16 heavy (non-hydrogen) atoms. The molecule has 7 heteroatoms. The van der Waals surface area contributed by atoms with Crippen molar-refractivity contribution in [3.8, 4) is 11.4 Å². The molecule has 0 fully saturated rings. The first-order chi connectivity index (χ1) is 7.58. The Bertz CT molecular complexity index is 578. The first-order valence-electron chi connectivity index (χ1n) is 4.26. The molecule has 0 aliphatic rings. The van der Waals surface area contributed by atoms with Crippen molar-refractivity contribution in [2.24, 2.45) is 0 Å². The van der Waals surface area contributed by atoms with Gasteiger partial charge in [0.25, 0.3) is 0 Å². The van der Waals surface area contributed by atoms with Gasteiger partial charge in [0.15, 0.2) is 0 Å². The quantitative estimate of drug-likeness (QED) is 0.795. The molecule has 1 heterocycles. The highest BCUT2D eigenvalue weighted by molar-refractivity contribution is 9.10. The van der Waals surface area contributed by atoms with Crippen molar-refractivity contribution in [1.29, 1.82) is 0 Å². The highest BCUT2D eigenvalue weighted by Crippen LogP contribution is 2.28. The zero-order chi connectivity index (χ0) is 11.7. The molecule has 0 aliphatic heterocycles. The van der Waals surface area contributed by atoms with Gasteiger partial charge < -0.3 is 10.7 Å². The number of nitrogen functional groups attached to an aromatic ring is 1. The highest BCUT2D eigenvalue weighted by atomic mass is 79.9. The van der Waals surface area contributed by atoms with Gasteiger partial charge in [0.1, 0.15) is 11.6 Å². The van der Waals surface area contributed by atoms with Gasteiger partial charge in [0, 0.05) is 4.47 Å². The number of H-pyrrole nitrogens is 1. The second-order valence-corrected chi connectivity index (χ2v) is 4.18. The molecule has 0 unspecified atom stereocenters. The molecule has 82 valence electrons. The molecule has 0 saturated carbocycles. The van der Waals surface area contributed by atoms with E-state index in [9.17, 15) is 4.39 Å². The molecule has 1 aromatic carbocycles. The van der Waals surface area contributed by atoms with Crippen LogP contribution in [0, 0.1) is 10.6 Å². The van der Waals surface area contributed by atoms with Gasteiger partial charge in [-0.05, 0) is 40.3 Å². The average molecular weight is 301 g/mol. The van der Waals surface area contributed by atoms with Crippen LogP contribution in [-0.4, -0.2) is 15.0 Å². The van der Waals surface area contributed by atoms with E-state index < -0.39 is 5.82 Å². The molecule has 3 N–H and O–H groups in total. The Morgan fingerprint density at radius 2 is 2.12 bits per heavy atom. The van der Waals surface area contributed by atoms with Gasteiger partial charge in [0.05, 0.1) is 5.56 Å². The second kappa shape index (κ2) is 4.26. The third-order valence-corrected chi connectivity index (χ3v) is 2.71. The summed E-state index contributed by atoms with van der Waals surface area (Å²) in [4.78, 5) is 10.3. The van der Waals surface area contributed by atoms with Crippen LogP contribution >= 0.6 is 28.1 Å². The van der Waals surface area contributed by atoms with Gasteiger partial charge in [0.2, 0.25) is 10.7 Å². The fraction of sp³-hybridized carbons (Fsp3) is 0. The summed E-state index contributed by atoms with van der Waals surface area (Å²) in [5.41, 5.74) is 5.77. The Labute approximate surface area is 104 Å². The van der Waals surface area contributed by atoms with Crippen molar-refractivity contribution in [3.05, 3.63) is 33.3 Å². The number of nitrogens with zero attached hydrogens (tertiary/aromatic N) is 2. The Hall–Kier alpha value is -1.34. The summed E-state index contributed by atoms with van der Waals surface area (Å²) in [6.07, 6.45) is 0. The predicted molar refractivity (Wildman–Crippen MR) is 64.7 cm³/mol. The largest absolute Gasteiger partial charge is 0.369 e. The van der Waals surface area contributed by atoms with E-state index in [2.05, 4.69) is 30.9 Å². The number of rotatable bonds is 1. The van der Waals surface area contributed by atoms with Crippen LogP contribution < -0.4 is 5.73 Å². The lowest BCUT2D eigenvalue weighted by molar-refractivity contribution is 0.629. The van der Waals surface area contributed by atoms with E-state index in [4.69, 9.17) is 18.0 Å². The van der Waals surface area contributed by atoms with Crippen molar-refractivity contribution in [3.63, 3.8) is 0 Å². The van der Waals surface area contributed by atoms with Crippen LogP contribution in [0.1, 0.15) is 0 Å².